The van der Waals surface area contributed by atoms with Gasteiger partial charge in [-0.2, -0.15) is 0 Å². The smallest absolute Gasteiger partial charge is 0.244 e. The van der Waals surface area contributed by atoms with E-state index in [1.165, 1.54) is 18.4 Å². The summed E-state index contributed by atoms with van der Waals surface area (Å²) >= 11 is 0. The molecule has 1 amide bonds. The molecule has 1 aromatic heterocycles. The number of furan rings is 1. The molecule has 0 radical (unpaired) electrons. The largest absolute Gasteiger partial charge is 0.496 e. The molecule has 0 aliphatic heterocycles. The lowest BCUT2D eigenvalue weighted by Crippen LogP contribution is -2.22. The van der Waals surface area contributed by atoms with Crippen LogP contribution in [0.1, 0.15) is 50.7 Å². The summed E-state index contributed by atoms with van der Waals surface area (Å²) in [6.45, 7) is 6.90. The van der Waals surface area contributed by atoms with Gasteiger partial charge in [0.25, 0.3) is 0 Å². The third kappa shape index (κ3) is 5.12. The summed E-state index contributed by atoms with van der Waals surface area (Å²) in [4.78, 5) is 12.3. The first-order valence-electron chi connectivity index (χ1n) is 10.7. The number of amides is 1. The van der Waals surface area contributed by atoms with E-state index in [-0.39, 0.29) is 5.91 Å². The molecule has 158 valence electrons. The number of ether oxygens (including phenoxy) is 1. The van der Waals surface area contributed by atoms with Crippen LogP contribution in [0.5, 0.6) is 5.75 Å². The Bertz CT molecular complexity index is 1030. The second-order valence-electron chi connectivity index (χ2n) is 7.74. The molecule has 1 N–H and O–H groups in total. The third-order valence-corrected chi connectivity index (χ3v) is 5.36. The fourth-order valence-corrected chi connectivity index (χ4v) is 3.58. The summed E-state index contributed by atoms with van der Waals surface area (Å²) in [5.41, 5.74) is 5.86. The van der Waals surface area contributed by atoms with Crippen molar-refractivity contribution >= 4 is 22.4 Å². The van der Waals surface area contributed by atoms with Crippen molar-refractivity contribution in [2.24, 2.45) is 0 Å². The van der Waals surface area contributed by atoms with Gasteiger partial charge in [0.15, 0.2) is 0 Å². The first kappa shape index (κ1) is 21.7. The van der Waals surface area contributed by atoms with Crippen molar-refractivity contribution in [2.75, 3.05) is 13.7 Å². The molecule has 4 nitrogen and oxygen atoms in total. The van der Waals surface area contributed by atoms with E-state index >= 15 is 0 Å². The van der Waals surface area contributed by atoms with Gasteiger partial charge in [0, 0.05) is 35.2 Å². The number of unbranched alkanes of at least 4 members (excludes halogenated alkanes) is 3. The highest BCUT2D eigenvalue weighted by Gasteiger charge is 2.15. The number of fused-ring (bicyclic) bond motifs is 1. The van der Waals surface area contributed by atoms with Gasteiger partial charge in [-0.1, -0.05) is 56.0 Å². The van der Waals surface area contributed by atoms with Gasteiger partial charge < -0.3 is 14.5 Å². The van der Waals surface area contributed by atoms with Gasteiger partial charge in [0.05, 0.1) is 13.4 Å². The lowest BCUT2D eigenvalue weighted by Gasteiger charge is -2.10. The Kier molecular flexibility index (Phi) is 7.34. The van der Waals surface area contributed by atoms with E-state index in [2.05, 4.69) is 43.4 Å². The van der Waals surface area contributed by atoms with Crippen molar-refractivity contribution in [3.8, 4) is 16.9 Å². The Balaban J connectivity index is 1.87. The van der Waals surface area contributed by atoms with Gasteiger partial charge in [0.1, 0.15) is 11.3 Å². The summed E-state index contributed by atoms with van der Waals surface area (Å²) in [5.74, 6) is 0.619. The van der Waals surface area contributed by atoms with Crippen molar-refractivity contribution in [3.63, 3.8) is 0 Å². The molecule has 4 heteroatoms. The van der Waals surface area contributed by atoms with Gasteiger partial charge >= 0.3 is 0 Å². The van der Waals surface area contributed by atoms with Gasteiger partial charge in [0.2, 0.25) is 5.91 Å². The highest BCUT2D eigenvalue weighted by atomic mass is 16.5. The number of nitrogens with one attached hydrogen (secondary N) is 1. The summed E-state index contributed by atoms with van der Waals surface area (Å²) in [6.07, 6.45) is 7.97. The monoisotopic (exact) mass is 405 g/mol. The minimum absolute atomic E-state index is 0.0721. The van der Waals surface area contributed by atoms with E-state index in [1.807, 2.05) is 19.1 Å². The Hall–Kier alpha value is -3.01. The van der Waals surface area contributed by atoms with Crippen molar-refractivity contribution in [1.29, 1.82) is 0 Å². The summed E-state index contributed by atoms with van der Waals surface area (Å²) < 4.78 is 11.4. The Morgan fingerprint density at radius 2 is 1.90 bits per heavy atom. The van der Waals surface area contributed by atoms with Crippen LogP contribution in [0.4, 0.5) is 0 Å². The molecule has 0 bridgehead atoms. The van der Waals surface area contributed by atoms with Crippen LogP contribution in [0.3, 0.4) is 0 Å². The standard InChI is InChI=1S/C26H31NO3/c1-5-6-7-8-13-27-26(28)14-19(3)21-15-22-23(20-11-9-18(2)10-12-20)17-30-25(22)16-24(21)29-4/h9-12,14-17H,5-8,13H2,1-4H3,(H,27,28)/b19-14+. The highest BCUT2D eigenvalue weighted by Crippen LogP contribution is 2.37. The molecule has 0 aliphatic carbocycles. The maximum absolute atomic E-state index is 12.3. The first-order chi connectivity index (χ1) is 14.5. The van der Waals surface area contributed by atoms with Crippen LogP contribution in [-0.4, -0.2) is 19.6 Å². The number of hydrogen-bond acceptors (Lipinski definition) is 3. The quantitative estimate of drug-likeness (QED) is 0.326. The molecule has 0 fully saturated rings. The topological polar surface area (TPSA) is 51.5 Å². The maximum atomic E-state index is 12.3. The molecule has 30 heavy (non-hydrogen) atoms. The van der Waals surface area contributed by atoms with Crippen LogP contribution in [0, 0.1) is 6.92 Å². The zero-order chi connectivity index (χ0) is 21.5. The zero-order valence-corrected chi connectivity index (χ0v) is 18.4. The van der Waals surface area contributed by atoms with Crippen molar-refractivity contribution in [1.82, 2.24) is 5.32 Å². The van der Waals surface area contributed by atoms with Crippen LogP contribution in [0.15, 0.2) is 53.2 Å². The molecule has 0 atom stereocenters. The minimum Gasteiger partial charge on any atom is -0.496 e. The lowest BCUT2D eigenvalue weighted by molar-refractivity contribution is -0.116. The van der Waals surface area contributed by atoms with Gasteiger partial charge in [-0.15, -0.1) is 0 Å². The second kappa shape index (κ2) is 10.1. The minimum atomic E-state index is -0.0721. The SMILES string of the molecule is CCCCCCNC(=O)/C=C(\C)c1cc2c(-c3ccc(C)cc3)coc2cc1OC. The van der Waals surface area contributed by atoms with Crippen LogP contribution in [0.25, 0.3) is 27.7 Å². The van der Waals surface area contributed by atoms with E-state index in [1.54, 1.807) is 19.4 Å². The predicted octanol–water partition coefficient (Wildman–Crippen LogP) is 6.52. The second-order valence-corrected chi connectivity index (χ2v) is 7.74. The number of allylic oxidation sites excluding steroid dienone is 1. The molecular weight excluding hydrogens is 374 g/mol. The van der Waals surface area contributed by atoms with Gasteiger partial charge in [-0.05, 0) is 37.5 Å². The number of rotatable bonds is 9. The molecule has 3 aromatic rings. The van der Waals surface area contributed by atoms with Crippen LogP contribution < -0.4 is 10.1 Å². The van der Waals surface area contributed by atoms with Crippen LogP contribution >= 0.6 is 0 Å². The van der Waals surface area contributed by atoms with Crippen molar-refractivity contribution < 1.29 is 13.9 Å². The molecule has 0 spiro atoms. The molecule has 0 unspecified atom stereocenters. The van der Waals surface area contributed by atoms with Crippen LogP contribution in [0.2, 0.25) is 0 Å². The highest BCUT2D eigenvalue weighted by molar-refractivity contribution is 6.00. The molecule has 3 rings (SSSR count). The van der Waals surface area contributed by atoms with Gasteiger partial charge in [-0.3, -0.25) is 4.79 Å². The van der Waals surface area contributed by atoms with E-state index in [9.17, 15) is 4.79 Å². The number of benzene rings is 2. The Morgan fingerprint density at radius 3 is 2.60 bits per heavy atom. The van der Waals surface area contributed by atoms with E-state index < -0.39 is 0 Å². The number of carbonyl (C=O) groups is 1. The first-order valence-corrected chi connectivity index (χ1v) is 10.7. The molecule has 0 aliphatic rings. The Labute approximate surface area is 178 Å². The van der Waals surface area contributed by atoms with E-state index in [4.69, 9.17) is 9.15 Å². The van der Waals surface area contributed by atoms with Crippen molar-refractivity contribution in [2.45, 2.75) is 46.5 Å². The van der Waals surface area contributed by atoms with Crippen LogP contribution in [-0.2, 0) is 4.79 Å². The molecule has 1 heterocycles. The van der Waals surface area contributed by atoms with E-state index in [0.717, 1.165) is 46.1 Å². The number of carbonyl (C=O) groups excluding carboxylic acids is 1. The number of aryl methyl sites for hydroxylation is 1. The normalized spacial score (nSPS) is 11.7. The fraction of sp³-hybridized carbons (Fsp3) is 0.346. The molecule has 0 saturated heterocycles. The lowest BCUT2D eigenvalue weighted by atomic mass is 9.99. The van der Waals surface area contributed by atoms with Gasteiger partial charge in [-0.25, -0.2) is 0 Å². The van der Waals surface area contributed by atoms with E-state index in [0.29, 0.717) is 12.3 Å². The maximum Gasteiger partial charge on any atom is 0.244 e. The molecular formula is C26H31NO3. The third-order valence-electron chi connectivity index (χ3n) is 5.36. The zero-order valence-electron chi connectivity index (χ0n) is 18.4. The average molecular weight is 406 g/mol. The molecule has 2 aromatic carbocycles. The number of hydrogen-bond donors (Lipinski definition) is 1. The Morgan fingerprint density at radius 1 is 1.13 bits per heavy atom. The summed E-state index contributed by atoms with van der Waals surface area (Å²) in [6, 6.07) is 12.3. The summed E-state index contributed by atoms with van der Waals surface area (Å²) in [5, 5.41) is 3.98. The molecule has 0 saturated carbocycles. The fourth-order valence-electron chi connectivity index (χ4n) is 3.58. The average Bonchev–Trinajstić information content (AvgIpc) is 3.16. The predicted molar refractivity (Wildman–Crippen MR) is 124 cm³/mol. The number of methoxy groups -OCH3 is 1. The summed E-state index contributed by atoms with van der Waals surface area (Å²) in [7, 11) is 1.63. The van der Waals surface area contributed by atoms with Crippen molar-refractivity contribution in [3.05, 3.63) is 59.9 Å².